The molecule has 0 saturated carbocycles. The van der Waals surface area contributed by atoms with Gasteiger partial charge in [-0.25, -0.2) is 0 Å². The number of carbonyl (C=O) groups is 1. The molecule has 2 aliphatic heterocycles. The van der Waals surface area contributed by atoms with Gasteiger partial charge in [-0.1, -0.05) is 25.7 Å². The molecule has 36 heavy (non-hydrogen) atoms. The molecular formula is C23H42O13. The number of esters is 1. The van der Waals surface area contributed by atoms with Crippen LogP contribution in [0.25, 0.3) is 0 Å². The first-order chi connectivity index (χ1) is 17.2. The standard InChI is InChI=1S/C23H42O13/c1-31-12-14-17(27)19(29)21(36-22-20(30)18(28)16(26)13(11-24)34-22)23(35-14)33-10-8-6-4-3-5-7-9-15(25)32-2/h13-14,16-24,26-30H,3-12H2,1-2H3/t13-,14-,16-,17-,18+,19+,20-,21-,22+,23+/m1/s1. The maximum Gasteiger partial charge on any atom is 0.305 e. The van der Waals surface area contributed by atoms with Gasteiger partial charge in [0.05, 0.1) is 20.3 Å². The molecule has 0 unspecified atom stereocenters. The summed E-state index contributed by atoms with van der Waals surface area (Å²) in [6.07, 6.45) is -8.41. The lowest BCUT2D eigenvalue weighted by Crippen LogP contribution is -2.64. The van der Waals surface area contributed by atoms with E-state index in [1.54, 1.807) is 0 Å². The van der Waals surface area contributed by atoms with Gasteiger partial charge in [0, 0.05) is 20.1 Å². The fourth-order valence-electron chi connectivity index (χ4n) is 4.20. The second kappa shape index (κ2) is 16.1. The van der Waals surface area contributed by atoms with E-state index in [0.29, 0.717) is 12.8 Å². The van der Waals surface area contributed by atoms with Gasteiger partial charge in [-0.2, -0.15) is 0 Å². The van der Waals surface area contributed by atoms with E-state index in [2.05, 4.69) is 4.74 Å². The molecular weight excluding hydrogens is 484 g/mol. The third kappa shape index (κ3) is 8.81. The van der Waals surface area contributed by atoms with Crippen LogP contribution in [0.3, 0.4) is 0 Å². The molecule has 13 heteroatoms. The number of unbranched alkanes of at least 4 members (excludes halogenated alkanes) is 5. The van der Waals surface area contributed by atoms with Crippen molar-refractivity contribution >= 4 is 5.97 Å². The largest absolute Gasteiger partial charge is 0.469 e. The SMILES string of the molecule is COC[C@H]1O[C@H](OCCCCCCCCC(=O)OC)[C@H](O[C@@H]2O[C@H](CO)[C@@H](O)[C@H](O)[C@H]2O)[C@@H](O)[C@@H]1O. The van der Waals surface area contributed by atoms with Crippen LogP contribution in [-0.2, 0) is 33.2 Å². The van der Waals surface area contributed by atoms with Crippen LogP contribution in [0.4, 0.5) is 0 Å². The van der Waals surface area contributed by atoms with Crippen molar-refractivity contribution in [2.24, 2.45) is 0 Å². The van der Waals surface area contributed by atoms with Gasteiger partial charge in [-0.3, -0.25) is 4.79 Å². The van der Waals surface area contributed by atoms with E-state index >= 15 is 0 Å². The van der Waals surface area contributed by atoms with E-state index in [9.17, 15) is 35.4 Å². The van der Waals surface area contributed by atoms with Gasteiger partial charge in [0.2, 0.25) is 0 Å². The van der Waals surface area contributed by atoms with Crippen LogP contribution in [0.2, 0.25) is 0 Å². The smallest absolute Gasteiger partial charge is 0.305 e. The van der Waals surface area contributed by atoms with Crippen molar-refractivity contribution in [3.05, 3.63) is 0 Å². The molecule has 13 nitrogen and oxygen atoms in total. The third-order valence-electron chi connectivity index (χ3n) is 6.40. The lowest BCUT2D eigenvalue weighted by Gasteiger charge is -2.46. The Balaban J connectivity index is 1.89. The Morgan fingerprint density at radius 1 is 0.750 bits per heavy atom. The number of rotatable bonds is 15. The molecule has 2 fully saturated rings. The molecule has 0 spiro atoms. The molecule has 2 rings (SSSR count). The molecule has 0 amide bonds. The van der Waals surface area contributed by atoms with Crippen molar-refractivity contribution in [1.82, 2.24) is 0 Å². The second-order valence-corrected chi connectivity index (χ2v) is 9.10. The fourth-order valence-corrected chi connectivity index (χ4v) is 4.20. The van der Waals surface area contributed by atoms with Crippen LogP contribution < -0.4 is 0 Å². The van der Waals surface area contributed by atoms with Gasteiger partial charge in [-0.05, 0) is 12.8 Å². The Morgan fingerprint density at radius 2 is 1.36 bits per heavy atom. The Kier molecular flexibility index (Phi) is 14.0. The number of aliphatic hydroxyl groups excluding tert-OH is 6. The maximum atomic E-state index is 11.1. The van der Waals surface area contributed by atoms with Crippen LogP contribution in [0.15, 0.2) is 0 Å². The average Bonchev–Trinajstić information content (AvgIpc) is 2.87. The predicted octanol–water partition coefficient (Wildman–Crippen LogP) is -1.82. The topological polar surface area (TPSA) is 194 Å². The number of aliphatic hydroxyl groups is 6. The number of carbonyl (C=O) groups excluding carboxylic acids is 1. The van der Waals surface area contributed by atoms with E-state index in [-0.39, 0.29) is 19.2 Å². The highest BCUT2D eigenvalue weighted by atomic mass is 16.8. The fraction of sp³-hybridized carbons (Fsp3) is 0.957. The highest BCUT2D eigenvalue weighted by molar-refractivity contribution is 5.68. The molecule has 0 aromatic heterocycles. The Labute approximate surface area is 210 Å². The molecule has 2 saturated heterocycles. The second-order valence-electron chi connectivity index (χ2n) is 9.10. The van der Waals surface area contributed by atoms with E-state index in [0.717, 1.165) is 32.1 Å². The van der Waals surface area contributed by atoms with Crippen molar-refractivity contribution in [3.63, 3.8) is 0 Å². The van der Waals surface area contributed by atoms with Gasteiger partial charge in [0.25, 0.3) is 0 Å². The van der Waals surface area contributed by atoms with Crippen molar-refractivity contribution in [3.8, 4) is 0 Å². The van der Waals surface area contributed by atoms with Crippen LogP contribution in [0.1, 0.15) is 44.9 Å². The van der Waals surface area contributed by atoms with Gasteiger partial charge in [0.15, 0.2) is 12.6 Å². The molecule has 0 radical (unpaired) electrons. The van der Waals surface area contributed by atoms with E-state index < -0.39 is 68.0 Å². The van der Waals surface area contributed by atoms with Crippen LogP contribution in [0, 0.1) is 0 Å². The molecule has 0 aliphatic carbocycles. The maximum absolute atomic E-state index is 11.1. The highest BCUT2D eigenvalue weighted by Crippen LogP contribution is 2.30. The number of hydrogen-bond acceptors (Lipinski definition) is 13. The summed E-state index contributed by atoms with van der Waals surface area (Å²) in [6, 6.07) is 0. The van der Waals surface area contributed by atoms with E-state index in [4.69, 9.17) is 23.7 Å². The summed E-state index contributed by atoms with van der Waals surface area (Å²) in [5, 5.41) is 60.9. The first-order valence-corrected chi connectivity index (χ1v) is 12.4. The lowest BCUT2D eigenvalue weighted by molar-refractivity contribution is -0.367. The van der Waals surface area contributed by atoms with E-state index in [1.807, 2.05) is 0 Å². The molecule has 212 valence electrons. The van der Waals surface area contributed by atoms with Crippen LogP contribution in [0.5, 0.6) is 0 Å². The van der Waals surface area contributed by atoms with Crippen LogP contribution >= 0.6 is 0 Å². The molecule has 2 aliphatic rings. The summed E-state index contributed by atoms with van der Waals surface area (Å²) in [7, 11) is 2.79. The van der Waals surface area contributed by atoms with Gasteiger partial charge in [-0.15, -0.1) is 0 Å². The van der Waals surface area contributed by atoms with Crippen molar-refractivity contribution in [2.75, 3.05) is 34.0 Å². The Hall–Kier alpha value is -0.970. The zero-order valence-electron chi connectivity index (χ0n) is 20.9. The Bertz CT molecular complexity index is 621. The van der Waals surface area contributed by atoms with Crippen molar-refractivity contribution in [1.29, 1.82) is 0 Å². The molecule has 0 aromatic rings. The molecule has 6 N–H and O–H groups in total. The third-order valence-corrected chi connectivity index (χ3v) is 6.40. The van der Waals surface area contributed by atoms with Crippen molar-refractivity contribution < 1.29 is 63.9 Å². The zero-order valence-corrected chi connectivity index (χ0v) is 20.9. The summed E-state index contributed by atoms with van der Waals surface area (Å²) >= 11 is 0. The summed E-state index contributed by atoms with van der Waals surface area (Å²) in [5.74, 6) is -0.213. The minimum Gasteiger partial charge on any atom is -0.469 e. The first kappa shape index (κ1) is 31.2. The monoisotopic (exact) mass is 526 g/mol. The van der Waals surface area contributed by atoms with Gasteiger partial charge in [0.1, 0.15) is 48.8 Å². The Morgan fingerprint density at radius 3 is 2.00 bits per heavy atom. The predicted molar refractivity (Wildman–Crippen MR) is 121 cm³/mol. The number of hydrogen-bond donors (Lipinski definition) is 6. The number of ether oxygens (including phenoxy) is 6. The average molecular weight is 527 g/mol. The summed E-state index contributed by atoms with van der Waals surface area (Å²) in [5.41, 5.74) is 0. The van der Waals surface area contributed by atoms with Gasteiger partial charge < -0.3 is 59.1 Å². The molecule has 10 atom stereocenters. The summed E-state index contributed by atoms with van der Waals surface area (Å²) in [6.45, 7) is -0.407. The number of methoxy groups -OCH3 is 2. The minimum atomic E-state index is -1.69. The molecule has 0 bridgehead atoms. The van der Waals surface area contributed by atoms with Crippen molar-refractivity contribution in [2.45, 2.75) is 106 Å². The summed E-state index contributed by atoms with van der Waals surface area (Å²) in [4.78, 5) is 11.1. The van der Waals surface area contributed by atoms with Gasteiger partial charge >= 0.3 is 5.97 Å². The lowest BCUT2D eigenvalue weighted by atomic mass is 9.97. The first-order valence-electron chi connectivity index (χ1n) is 12.4. The van der Waals surface area contributed by atoms with E-state index in [1.165, 1.54) is 14.2 Å². The summed E-state index contributed by atoms with van der Waals surface area (Å²) < 4.78 is 32.3. The minimum absolute atomic E-state index is 0.0174. The zero-order chi connectivity index (χ0) is 26.7. The molecule has 0 aromatic carbocycles. The quantitative estimate of drug-likeness (QED) is 0.103. The van der Waals surface area contributed by atoms with Crippen LogP contribution in [-0.4, -0.2) is 132 Å². The molecule has 2 heterocycles. The normalized spacial score (nSPS) is 37.1. The highest BCUT2D eigenvalue weighted by Gasteiger charge is 2.50.